The van der Waals surface area contributed by atoms with E-state index < -0.39 is 58.1 Å². The maximum Gasteiger partial charge on any atom is 0.468 e. The van der Waals surface area contributed by atoms with Gasteiger partial charge in [-0.2, -0.15) is 22.0 Å². The smallest absolute Gasteiger partial charge is 0.468 e. The second kappa shape index (κ2) is 8.84. The van der Waals surface area contributed by atoms with Crippen molar-refractivity contribution in [3.63, 3.8) is 0 Å². The number of carbonyl (C=O) groups excluding carboxylic acids is 2. The molecule has 8 nitrogen and oxygen atoms in total. The highest BCUT2D eigenvalue weighted by atomic mass is 32.2. The molecule has 0 saturated heterocycles. The lowest BCUT2D eigenvalue weighted by Crippen LogP contribution is -2.59. The molecule has 14 heteroatoms. The van der Waals surface area contributed by atoms with E-state index in [9.17, 15) is 44.5 Å². The van der Waals surface area contributed by atoms with Gasteiger partial charge in [-0.3, -0.25) is 0 Å². The second-order valence-corrected chi connectivity index (χ2v) is 6.64. The average molecular weight is 447 g/mol. The fraction of sp³-hybridized carbons (Fsp3) is 0.333. The maximum atomic E-state index is 13.6. The molecule has 0 aliphatic carbocycles. The van der Waals surface area contributed by atoms with Gasteiger partial charge in [0.2, 0.25) is 0 Å². The van der Waals surface area contributed by atoms with E-state index in [-0.39, 0.29) is 6.08 Å². The zero-order valence-electron chi connectivity index (χ0n) is 14.1. The van der Waals surface area contributed by atoms with Crippen LogP contribution in [0.3, 0.4) is 0 Å². The lowest BCUT2D eigenvalue weighted by molar-refractivity contribution is -0.352. The van der Waals surface area contributed by atoms with Crippen LogP contribution in [0, 0.1) is 0 Å². The molecule has 0 aromatic heterocycles. The van der Waals surface area contributed by atoms with Crippen molar-refractivity contribution in [1.29, 1.82) is 0 Å². The molecule has 1 unspecified atom stereocenters. The predicted octanol–water partition coefficient (Wildman–Crippen LogP) is 2.12. The molecular weight excluding hydrogens is 435 g/mol. The monoisotopic (exact) mass is 447 g/mol. The van der Waals surface area contributed by atoms with Crippen LogP contribution in [0.4, 0.5) is 22.0 Å². The zero-order chi connectivity index (χ0) is 22.5. The van der Waals surface area contributed by atoms with Crippen LogP contribution in [0.1, 0.15) is 6.42 Å². The molecular formula is C15H12F5O8S-. The molecule has 29 heavy (non-hydrogen) atoms. The van der Waals surface area contributed by atoms with Gasteiger partial charge < -0.3 is 18.8 Å². The molecule has 1 atom stereocenters. The topological polar surface area (TPSA) is 119 Å². The van der Waals surface area contributed by atoms with Crippen LogP contribution in [0.5, 0.6) is 5.75 Å². The third-order valence-corrected chi connectivity index (χ3v) is 4.01. The molecule has 0 heterocycles. The quantitative estimate of drug-likeness (QED) is 0.141. The predicted molar refractivity (Wildman–Crippen MR) is 82.4 cm³/mol. The number of hydrogen-bond donors (Lipinski definition) is 0. The molecule has 0 spiro atoms. The summed E-state index contributed by atoms with van der Waals surface area (Å²) < 4.78 is 111. The lowest BCUT2D eigenvalue weighted by atomic mass is 10.2. The first-order valence-electron chi connectivity index (χ1n) is 7.33. The van der Waals surface area contributed by atoms with Gasteiger partial charge in [-0.15, -0.1) is 0 Å². The van der Waals surface area contributed by atoms with Crippen molar-refractivity contribution < 1.29 is 58.7 Å². The van der Waals surface area contributed by atoms with Gasteiger partial charge in [-0.25, -0.2) is 18.0 Å². The number of alkyl halides is 5. The summed E-state index contributed by atoms with van der Waals surface area (Å²) in [6.07, 6.45) is -7.71. The van der Waals surface area contributed by atoms with Crippen molar-refractivity contribution in [3.8, 4) is 5.75 Å². The largest absolute Gasteiger partial charge is 0.743 e. The molecule has 1 aromatic rings. The Kier molecular flexibility index (Phi) is 7.45. The minimum atomic E-state index is -6.24. The maximum absolute atomic E-state index is 13.6. The van der Waals surface area contributed by atoms with E-state index in [1.54, 1.807) is 0 Å². The number of ether oxygens (including phenoxy) is 3. The molecule has 1 rings (SSSR count). The molecule has 0 N–H and O–H groups in total. The van der Waals surface area contributed by atoms with Gasteiger partial charge >= 0.3 is 29.2 Å². The number of halogens is 5. The van der Waals surface area contributed by atoms with E-state index in [0.717, 1.165) is 12.1 Å². The Morgan fingerprint density at radius 2 is 1.66 bits per heavy atom. The van der Waals surface area contributed by atoms with Crippen molar-refractivity contribution in [2.75, 3.05) is 6.61 Å². The van der Waals surface area contributed by atoms with E-state index in [0.29, 0.717) is 0 Å². The van der Waals surface area contributed by atoms with Crippen LogP contribution in [0.25, 0.3) is 0 Å². The molecule has 0 bridgehead atoms. The number of esters is 2. The zero-order valence-corrected chi connectivity index (χ0v) is 15.0. The first kappa shape index (κ1) is 24.5. The minimum Gasteiger partial charge on any atom is -0.743 e. The van der Waals surface area contributed by atoms with Crippen LogP contribution < -0.4 is 4.74 Å². The first-order valence-corrected chi connectivity index (χ1v) is 8.74. The number of carbonyl (C=O) groups is 2. The summed E-state index contributed by atoms with van der Waals surface area (Å²) in [4.78, 5) is 23.5. The Hall–Kier alpha value is -2.58. The van der Waals surface area contributed by atoms with E-state index in [1.165, 1.54) is 18.2 Å². The molecule has 1 aromatic carbocycles. The summed E-state index contributed by atoms with van der Waals surface area (Å²) in [5, 5.41) is -5.02. The van der Waals surface area contributed by atoms with E-state index in [1.807, 2.05) is 0 Å². The normalized spacial score (nSPS) is 14.6. The van der Waals surface area contributed by atoms with Gasteiger partial charge in [0.25, 0.3) is 0 Å². The summed E-state index contributed by atoms with van der Waals surface area (Å²) in [5.74, 6) is -9.20. The van der Waals surface area contributed by atoms with E-state index in [4.69, 9.17) is 0 Å². The van der Waals surface area contributed by atoms with Crippen molar-refractivity contribution in [2.45, 2.75) is 23.6 Å². The van der Waals surface area contributed by atoms with Crippen LogP contribution >= 0.6 is 0 Å². The van der Waals surface area contributed by atoms with Crippen LogP contribution in [-0.2, 0) is 29.2 Å². The van der Waals surface area contributed by atoms with Crippen LogP contribution in [0.2, 0.25) is 0 Å². The molecule has 0 saturated carbocycles. The third-order valence-electron chi connectivity index (χ3n) is 3.07. The summed E-state index contributed by atoms with van der Waals surface area (Å²) in [5.41, 5.74) is 0. The van der Waals surface area contributed by atoms with Crippen LogP contribution in [-0.4, -0.2) is 48.7 Å². The van der Waals surface area contributed by atoms with Gasteiger partial charge in [-0.1, -0.05) is 24.8 Å². The molecule has 0 amide bonds. The SMILES string of the molecule is C=CC(=O)OC(OCCC(F)(F)S(=O)(=O)[O-])(C(=O)Oc1ccccc1)C(F)(F)F. The van der Waals surface area contributed by atoms with Crippen molar-refractivity contribution in [3.05, 3.63) is 43.0 Å². The minimum absolute atomic E-state index is 0.219. The Labute approximate surface area is 160 Å². The summed E-state index contributed by atoms with van der Waals surface area (Å²) >= 11 is 0. The number of para-hydroxylation sites is 1. The highest BCUT2D eigenvalue weighted by Gasteiger charge is 2.68. The fourth-order valence-electron chi connectivity index (χ4n) is 1.67. The van der Waals surface area contributed by atoms with Gasteiger partial charge in [-0.05, 0) is 12.1 Å². The number of rotatable bonds is 9. The molecule has 162 valence electrons. The first-order chi connectivity index (χ1) is 13.2. The second-order valence-electron chi connectivity index (χ2n) is 5.13. The summed E-state index contributed by atoms with van der Waals surface area (Å²) in [6, 6.07) is 6.06. The van der Waals surface area contributed by atoms with Crippen molar-refractivity contribution in [2.24, 2.45) is 0 Å². The fourth-order valence-corrected chi connectivity index (χ4v) is 2.00. The number of benzene rings is 1. The standard InChI is InChI=1S/C15H13F5O8S/c1-2-11(21)28-14(15(18,19)20,12(22)27-10-6-4-3-5-7-10)26-9-8-13(16,17)29(23,24)25/h2-7H,1,8-9H2,(H,23,24,25)/p-1. The lowest BCUT2D eigenvalue weighted by Gasteiger charge is -2.32. The highest BCUT2D eigenvalue weighted by molar-refractivity contribution is 7.86. The van der Waals surface area contributed by atoms with E-state index in [2.05, 4.69) is 20.8 Å². The van der Waals surface area contributed by atoms with Crippen LogP contribution in [0.15, 0.2) is 43.0 Å². The van der Waals surface area contributed by atoms with Gasteiger partial charge in [0.05, 0.1) is 6.61 Å². The van der Waals surface area contributed by atoms with Crippen molar-refractivity contribution >= 4 is 22.1 Å². The van der Waals surface area contributed by atoms with Gasteiger partial charge in [0.1, 0.15) is 5.75 Å². The molecule has 0 aliphatic heterocycles. The summed E-state index contributed by atoms with van der Waals surface area (Å²) in [6.45, 7) is 1.00. The van der Waals surface area contributed by atoms with Gasteiger partial charge in [0, 0.05) is 12.5 Å². The number of hydrogen-bond acceptors (Lipinski definition) is 8. The molecule has 0 aliphatic rings. The third kappa shape index (κ3) is 5.95. The van der Waals surface area contributed by atoms with Gasteiger partial charge in [0.15, 0.2) is 10.1 Å². The highest BCUT2D eigenvalue weighted by Crippen LogP contribution is 2.38. The summed E-state index contributed by atoms with van der Waals surface area (Å²) in [7, 11) is -6.24. The molecule has 0 radical (unpaired) electrons. The average Bonchev–Trinajstić information content (AvgIpc) is 2.59. The Bertz CT molecular complexity index is 853. The Morgan fingerprint density at radius 1 is 1.10 bits per heavy atom. The van der Waals surface area contributed by atoms with Crippen molar-refractivity contribution in [1.82, 2.24) is 0 Å². The van der Waals surface area contributed by atoms with E-state index >= 15 is 0 Å². The molecule has 0 fully saturated rings. The Balaban J connectivity index is 3.25. The Morgan fingerprint density at radius 3 is 2.10 bits per heavy atom.